The van der Waals surface area contributed by atoms with E-state index in [9.17, 15) is 26.7 Å². The minimum absolute atomic E-state index is 0.0466. The normalized spacial score (nSPS) is 31.0. The first-order chi connectivity index (χ1) is 17.5. The number of nitrogens with one attached hydrogen (secondary N) is 2. The summed E-state index contributed by atoms with van der Waals surface area (Å²) in [6.45, 7) is 0.622. The average molecular weight is 549 g/mol. The lowest BCUT2D eigenvalue weighted by Gasteiger charge is -2.45. The van der Waals surface area contributed by atoms with Gasteiger partial charge in [-0.3, -0.25) is 9.52 Å². The van der Waals surface area contributed by atoms with Gasteiger partial charge >= 0.3 is 0 Å². The Morgan fingerprint density at radius 1 is 1.14 bits per heavy atom. The molecule has 0 aromatic heterocycles. The predicted octanol–water partition coefficient (Wildman–Crippen LogP) is 3.22. The number of hydrogen-bond acceptors (Lipinski definition) is 7. The Hall–Kier alpha value is -2.60. The van der Waals surface area contributed by atoms with E-state index in [4.69, 9.17) is 0 Å². The number of aliphatic hydroxyl groups excluding tert-OH is 1. The van der Waals surface area contributed by atoms with Gasteiger partial charge < -0.3 is 15.3 Å². The third-order valence-electron chi connectivity index (χ3n) is 8.72. The zero-order valence-corrected chi connectivity index (χ0v) is 22.3. The molecule has 0 radical (unpaired) electrons. The highest BCUT2D eigenvalue weighted by Crippen LogP contribution is 2.55. The van der Waals surface area contributed by atoms with Crippen LogP contribution < -0.4 is 10.0 Å². The number of amides is 1. The lowest BCUT2D eigenvalue weighted by Crippen LogP contribution is -2.55. The molecule has 2 aliphatic heterocycles. The molecule has 37 heavy (non-hydrogen) atoms. The molecule has 5 aliphatic rings. The fraction of sp³-hybridized carbons (Fsp3) is 0.600. The highest BCUT2D eigenvalue weighted by Gasteiger charge is 2.57. The highest BCUT2D eigenvalue weighted by atomic mass is 32.2. The van der Waals surface area contributed by atoms with Gasteiger partial charge in [0, 0.05) is 24.2 Å². The molecule has 3 aliphatic carbocycles. The molecule has 1 aromatic carbocycles. The number of hydrogen-bond donors (Lipinski definition) is 3. The van der Waals surface area contributed by atoms with Gasteiger partial charge in [-0.25, -0.2) is 8.42 Å². The number of fused-ring (bicyclic) bond motifs is 6. The zero-order valence-electron chi connectivity index (χ0n) is 20.7. The first-order valence-corrected chi connectivity index (χ1v) is 16.3. The molecule has 3 N–H and O–H groups in total. The molecule has 2 bridgehead atoms. The number of carbonyl (C=O) groups excluding carboxylic acids is 1. The monoisotopic (exact) mass is 548 g/mol. The van der Waals surface area contributed by atoms with Gasteiger partial charge in [0.15, 0.2) is 5.84 Å². The third kappa shape index (κ3) is 4.31. The lowest BCUT2D eigenvalue weighted by molar-refractivity contribution is -0.134. The zero-order chi connectivity index (χ0) is 26.1. The maximum absolute atomic E-state index is 14.0. The summed E-state index contributed by atoms with van der Waals surface area (Å²) < 4.78 is 55.7. The van der Waals surface area contributed by atoms with Crippen LogP contribution in [0, 0.1) is 23.7 Å². The molecule has 0 saturated heterocycles. The second-order valence-corrected chi connectivity index (χ2v) is 14.5. The van der Waals surface area contributed by atoms with Crippen LogP contribution in [0.3, 0.4) is 0 Å². The number of carbonyl (C=O) groups is 1. The Bertz CT molecular complexity index is 1430. The van der Waals surface area contributed by atoms with E-state index in [-0.39, 0.29) is 57.2 Å². The molecule has 1 amide bonds. The first kappa shape index (κ1) is 24.7. The second-order valence-electron chi connectivity index (χ2n) is 11.2. The van der Waals surface area contributed by atoms with Crippen LogP contribution in [-0.2, 0) is 24.8 Å². The average Bonchev–Trinajstić information content (AvgIpc) is 3.44. The fourth-order valence-corrected chi connectivity index (χ4v) is 8.97. The smallest absolute Gasteiger partial charge is 0.286 e. The van der Waals surface area contributed by atoms with E-state index in [2.05, 4.69) is 14.4 Å². The summed E-state index contributed by atoms with van der Waals surface area (Å²) in [5, 5.41) is 14.4. The summed E-state index contributed by atoms with van der Waals surface area (Å²) in [5.41, 5.74) is 0.202. The third-order valence-corrected chi connectivity index (χ3v) is 10.6. The Morgan fingerprint density at radius 2 is 1.86 bits per heavy atom. The first-order valence-electron chi connectivity index (χ1n) is 13.0. The maximum atomic E-state index is 14.0. The van der Waals surface area contributed by atoms with Gasteiger partial charge in [0.05, 0.1) is 11.9 Å². The molecule has 6 rings (SSSR count). The van der Waals surface area contributed by atoms with Crippen molar-refractivity contribution in [1.29, 1.82) is 0 Å². The molecular weight excluding hydrogens is 516 g/mol. The van der Waals surface area contributed by atoms with Gasteiger partial charge in [0.1, 0.15) is 16.2 Å². The second kappa shape index (κ2) is 8.72. The highest BCUT2D eigenvalue weighted by molar-refractivity contribution is 7.92. The van der Waals surface area contributed by atoms with Crippen LogP contribution in [-0.4, -0.2) is 57.4 Å². The van der Waals surface area contributed by atoms with Gasteiger partial charge in [-0.15, -0.1) is 4.40 Å². The molecule has 200 valence electrons. The summed E-state index contributed by atoms with van der Waals surface area (Å²) in [6.07, 6.45) is 9.66. The summed E-state index contributed by atoms with van der Waals surface area (Å²) in [7, 11) is -7.87. The van der Waals surface area contributed by atoms with Crippen LogP contribution in [0.1, 0.15) is 51.4 Å². The van der Waals surface area contributed by atoms with Crippen LogP contribution in [0.5, 0.6) is 0 Å². The van der Waals surface area contributed by atoms with E-state index in [0.717, 1.165) is 51.2 Å². The molecule has 12 heteroatoms. The Kier molecular flexibility index (Phi) is 5.83. The van der Waals surface area contributed by atoms with E-state index in [1.165, 1.54) is 24.6 Å². The number of amidine groups is 1. The van der Waals surface area contributed by atoms with E-state index < -0.39 is 20.0 Å². The quantitative estimate of drug-likeness (QED) is 0.512. The van der Waals surface area contributed by atoms with Crippen LogP contribution in [0.15, 0.2) is 38.8 Å². The van der Waals surface area contributed by atoms with Crippen molar-refractivity contribution in [3.8, 4) is 0 Å². The largest absolute Gasteiger partial charge is 0.511 e. The van der Waals surface area contributed by atoms with Crippen molar-refractivity contribution in [3.05, 3.63) is 29.5 Å². The van der Waals surface area contributed by atoms with Gasteiger partial charge in [0.25, 0.3) is 15.9 Å². The van der Waals surface area contributed by atoms with Gasteiger partial charge in [-0.05, 0) is 68.1 Å². The number of nitrogens with zero attached hydrogens (tertiary/aromatic N) is 2. The summed E-state index contributed by atoms with van der Waals surface area (Å²) >= 11 is 0. The van der Waals surface area contributed by atoms with E-state index in [0.29, 0.717) is 18.4 Å². The number of anilines is 2. The number of aliphatic hydroxyl groups is 1. The maximum Gasteiger partial charge on any atom is 0.286 e. The van der Waals surface area contributed by atoms with Crippen molar-refractivity contribution < 1.29 is 26.7 Å². The van der Waals surface area contributed by atoms with Crippen LogP contribution in [0.2, 0.25) is 0 Å². The minimum atomic E-state index is -4.27. The fourth-order valence-electron chi connectivity index (χ4n) is 7.27. The predicted molar refractivity (Wildman–Crippen MR) is 139 cm³/mol. The molecule has 4 atom stereocenters. The SMILES string of the molecule is CS(=O)(=O)Nc1ccc2c(c1)S(=O)(=O)N=C(C1=C(O)C3C([C@@H]4CC[C@H]3C4)N(CC3CCCCC3)C1=O)N2. The van der Waals surface area contributed by atoms with Gasteiger partial charge in [-0.2, -0.15) is 8.42 Å². The van der Waals surface area contributed by atoms with E-state index in [1.54, 1.807) is 0 Å². The molecule has 2 unspecified atom stereocenters. The van der Waals surface area contributed by atoms with Crippen molar-refractivity contribution in [2.45, 2.75) is 62.3 Å². The van der Waals surface area contributed by atoms with E-state index in [1.807, 2.05) is 4.90 Å². The van der Waals surface area contributed by atoms with Crippen LogP contribution in [0.4, 0.5) is 11.4 Å². The van der Waals surface area contributed by atoms with Crippen LogP contribution in [0.25, 0.3) is 0 Å². The van der Waals surface area contributed by atoms with Crippen LogP contribution >= 0.6 is 0 Å². The minimum Gasteiger partial charge on any atom is -0.511 e. The lowest BCUT2D eigenvalue weighted by atomic mass is 9.77. The van der Waals surface area contributed by atoms with Crippen molar-refractivity contribution in [1.82, 2.24) is 4.90 Å². The number of rotatable bonds is 5. The summed E-state index contributed by atoms with van der Waals surface area (Å²) in [5.74, 6) is 0.242. The molecular formula is C25H32N4O6S2. The van der Waals surface area contributed by atoms with E-state index >= 15 is 0 Å². The van der Waals surface area contributed by atoms with Crippen molar-refractivity contribution in [2.75, 3.05) is 22.8 Å². The van der Waals surface area contributed by atoms with Crippen molar-refractivity contribution >= 4 is 43.2 Å². The Morgan fingerprint density at radius 3 is 2.59 bits per heavy atom. The standard InChI is InChI=1S/C25H32N4O6S2/c1-36(32,33)27-17-9-10-18-19(12-17)37(34,35)28-24(26-18)21-23(30)20-15-7-8-16(11-15)22(20)29(25(21)31)13-14-5-3-2-4-6-14/h9-10,12,14-16,20,22,27,30H,2-8,11,13H2,1H3,(H,26,28)/t15-,16+,20?,22?/m0/s1. The van der Waals surface area contributed by atoms with Crippen molar-refractivity contribution in [2.24, 2.45) is 28.1 Å². The number of benzene rings is 1. The molecule has 3 saturated carbocycles. The topological polar surface area (TPSA) is 145 Å². The molecule has 10 nitrogen and oxygen atoms in total. The molecule has 2 heterocycles. The summed E-state index contributed by atoms with van der Waals surface area (Å²) in [6, 6.07) is 4.01. The van der Waals surface area contributed by atoms with Gasteiger partial charge in [0.2, 0.25) is 10.0 Å². The molecule has 1 aromatic rings. The molecule has 0 spiro atoms. The summed E-state index contributed by atoms with van der Waals surface area (Å²) in [4.78, 5) is 15.7. The van der Waals surface area contributed by atoms with Gasteiger partial charge in [-0.1, -0.05) is 19.3 Å². The van der Waals surface area contributed by atoms with Crippen molar-refractivity contribution in [3.63, 3.8) is 0 Å². The Balaban J connectivity index is 1.38. The molecule has 3 fully saturated rings. The number of sulfonamides is 2. The Labute approximate surface area is 217 Å².